The summed E-state index contributed by atoms with van der Waals surface area (Å²) in [6.07, 6.45) is 3.54. The number of nitrogens with zero attached hydrogens (tertiary/aromatic N) is 4. The number of hydrogen-bond donors (Lipinski definition) is 1. The number of primary amides is 1. The average molecular weight is 450 g/mol. The number of carbonyl (C=O) groups is 1. The highest BCUT2D eigenvalue weighted by Crippen LogP contribution is 2.24. The number of rotatable bonds is 8. The minimum Gasteiger partial charge on any atom is -0.497 e. The van der Waals surface area contributed by atoms with E-state index in [0.29, 0.717) is 6.54 Å². The number of carbonyl (C=O) groups excluding carboxylic acids is 1. The molecule has 0 aliphatic carbocycles. The van der Waals surface area contributed by atoms with Crippen LogP contribution in [-0.4, -0.2) is 59.7 Å². The maximum absolute atomic E-state index is 12.8. The van der Waals surface area contributed by atoms with Gasteiger partial charge in [0.05, 0.1) is 19.2 Å². The summed E-state index contributed by atoms with van der Waals surface area (Å²) in [5, 5.41) is 1.06. The molecule has 4 rings (SSSR count). The summed E-state index contributed by atoms with van der Waals surface area (Å²) in [7, 11) is 1.63. The van der Waals surface area contributed by atoms with Gasteiger partial charge in [0.1, 0.15) is 11.6 Å². The lowest BCUT2D eigenvalue weighted by atomic mass is 10.0. The molecule has 174 valence electrons. The molecule has 33 heavy (non-hydrogen) atoms. The van der Waals surface area contributed by atoms with E-state index in [2.05, 4.69) is 9.88 Å². The number of ether oxygens (including phenoxy) is 1. The molecule has 0 radical (unpaired) electrons. The second-order valence-corrected chi connectivity index (χ2v) is 8.56. The number of amides is 1. The van der Waals surface area contributed by atoms with Gasteiger partial charge in [-0.15, -0.1) is 0 Å². The molecule has 2 aromatic heterocycles. The highest BCUT2D eigenvalue weighted by molar-refractivity contribution is 5.83. The molecule has 1 amide bonds. The SMILES string of the molecule is COc1ccc2c(C)cc(=O)n(CCN3CCC(N(CC(N)=O)c4ccccn4)CC3)c2c1. The van der Waals surface area contributed by atoms with Gasteiger partial charge in [0.25, 0.3) is 5.56 Å². The molecule has 0 unspecified atom stereocenters. The Morgan fingerprint density at radius 2 is 1.97 bits per heavy atom. The maximum Gasteiger partial charge on any atom is 0.251 e. The lowest BCUT2D eigenvalue weighted by molar-refractivity contribution is -0.116. The first-order valence-electron chi connectivity index (χ1n) is 11.3. The first kappa shape index (κ1) is 22.8. The number of aromatic nitrogens is 2. The van der Waals surface area contributed by atoms with E-state index >= 15 is 0 Å². The van der Waals surface area contributed by atoms with Crippen molar-refractivity contribution in [3.8, 4) is 5.75 Å². The van der Waals surface area contributed by atoms with E-state index in [0.717, 1.165) is 60.5 Å². The minimum atomic E-state index is -0.357. The predicted octanol–water partition coefficient (Wildman–Crippen LogP) is 2.17. The van der Waals surface area contributed by atoms with Gasteiger partial charge in [-0.3, -0.25) is 9.59 Å². The van der Waals surface area contributed by atoms with Crippen LogP contribution in [0.5, 0.6) is 5.75 Å². The van der Waals surface area contributed by atoms with Crippen LogP contribution in [-0.2, 0) is 11.3 Å². The van der Waals surface area contributed by atoms with Crippen LogP contribution < -0.4 is 20.9 Å². The van der Waals surface area contributed by atoms with Crippen molar-refractivity contribution in [3.63, 3.8) is 0 Å². The minimum absolute atomic E-state index is 0.00549. The standard InChI is InChI=1S/C25H31N5O3/c1-18-15-25(32)29(22-16-20(33-2)6-7-21(18)22)14-13-28-11-8-19(9-12-28)30(17-23(26)31)24-5-3-4-10-27-24/h3-7,10,15-16,19H,8-9,11-14,17H2,1-2H3,(H2,26,31). The molecule has 1 saturated heterocycles. The normalized spacial score (nSPS) is 15.0. The second kappa shape index (κ2) is 10.0. The van der Waals surface area contributed by atoms with E-state index in [4.69, 9.17) is 10.5 Å². The zero-order chi connectivity index (χ0) is 23.4. The number of methoxy groups -OCH3 is 1. The van der Waals surface area contributed by atoms with Crippen LogP contribution in [0.3, 0.4) is 0 Å². The fourth-order valence-corrected chi connectivity index (χ4v) is 4.67. The predicted molar refractivity (Wildman–Crippen MR) is 130 cm³/mol. The van der Waals surface area contributed by atoms with Crippen LogP contribution in [0.2, 0.25) is 0 Å². The third-order valence-corrected chi connectivity index (χ3v) is 6.43. The summed E-state index contributed by atoms with van der Waals surface area (Å²) < 4.78 is 7.22. The second-order valence-electron chi connectivity index (χ2n) is 8.56. The summed E-state index contributed by atoms with van der Waals surface area (Å²) in [6.45, 7) is 5.28. The highest BCUT2D eigenvalue weighted by Gasteiger charge is 2.26. The van der Waals surface area contributed by atoms with Crippen LogP contribution in [0.15, 0.2) is 53.5 Å². The van der Waals surface area contributed by atoms with Gasteiger partial charge >= 0.3 is 0 Å². The topological polar surface area (TPSA) is 93.7 Å². The Morgan fingerprint density at radius 1 is 1.18 bits per heavy atom. The smallest absolute Gasteiger partial charge is 0.251 e. The molecule has 1 aromatic carbocycles. The summed E-state index contributed by atoms with van der Waals surface area (Å²) >= 11 is 0. The monoisotopic (exact) mass is 449 g/mol. The first-order valence-corrected chi connectivity index (χ1v) is 11.3. The Morgan fingerprint density at radius 3 is 2.64 bits per heavy atom. The molecule has 8 heteroatoms. The van der Waals surface area contributed by atoms with Crippen molar-refractivity contribution >= 4 is 22.6 Å². The van der Waals surface area contributed by atoms with E-state index in [9.17, 15) is 9.59 Å². The zero-order valence-corrected chi connectivity index (χ0v) is 19.2. The molecular formula is C25H31N5O3. The molecule has 1 fully saturated rings. The summed E-state index contributed by atoms with van der Waals surface area (Å²) in [5.41, 5.74) is 7.38. The molecule has 1 aliphatic heterocycles. The lowest BCUT2D eigenvalue weighted by Crippen LogP contribution is -2.48. The molecule has 8 nitrogen and oxygen atoms in total. The Bertz CT molecular complexity index is 1170. The van der Waals surface area contributed by atoms with Gasteiger partial charge in [-0.25, -0.2) is 4.98 Å². The van der Waals surface area contributed by atoms with Gasteiger partial charge in [-0.2, -0.15) is 0 Å². The summed E-state index contributed by atoms with van der Waals surface area (Å²) in [5.74, 6) is 1.16. The van der Waals surface area contributed by atoms with E-state index in [1.165, 1.54) is 0 Å². The summed E-state index contributed by atoms with van der Waals surface area (Å²) in [4.78, 5) is 33.2. The molecular weight excluding hydrogens is 418 g/mol. The number of benzene rings is 1. The maximum atomic E-state index is 12.8. The largest absolute Gasteiger partial charge is 0.497 e. The van der Waals surface area contributed by atoms with Crippen molar-refractivity contribution in [1.82, 2.24) is 14.5 Å². The zero-order valence-electron chi connectivity index (χ0n) is 19.2. The van der Waals surface area contributed by atoms with E-state index < -0.39 is 0 Å². The van der Waals surface area contributed by atoms with Crippen molar-refractivity contribution in [2.45, 2.75) is 32.4 Å². The third-order valence-electron chi connectivity index (χ3n) is 6.43. The van der Waals surface area contributed by atoms with Gasteiger partial charge in [0, 0.05) is 55.9 Å². The molecule has 0 bridgehead atoms. The molecule has 1 aliphatic rings. The fraction of sp³-hybridized carbons (Fsp3) is 0.400. The summed E-state index contributed by atoms with van der Waals surface area (Å²) in [6, 6.07) is 13.5. The Balaban J connectivity index is 1.44. The first-order chi connectivity index (χ1) is 16.0. The molecule has 3 aromatic rings. The van der Waals surface area contributed by atoms with E-state index in [1.54, 1.807) is 19.4 Å². The van der Waals surface area contributed by atoms with Crippen molar-refractivity contribution in [2.24, 2.45) is 5.73 Å². The Labute approximate surface area is 193 Å². The Kier molecular flexibility index (Phi) is 6.93. The van der Waals surface area contributed by atoms with E-state index in [-0.39, 0.29) is 24.1 Å². The van der Waals surface area contributed by atoms with Crippen LogP contribution >= 0.6 is 0 Å². The van der Waals surface area contributed by atoms with Crippen molar-refractivity contribution in [2.75, 3.05) is 38.2 Å². The van der Waals surface area contributed by atoms with Crippen LogP contribution in [0.4, 0.5) is 5.82 Å². The van der Waals surface area contributed by atoms with Gasteiger partial charge < -0.3 is 24.8 Å². The Hall–Kier alpha value is -3.39. The highest BCUT2D eigenvalue weighted by atomic mass is 16.5. The number of hydrogen-bond acceptors (Lipinski definition) is 6. The van der Waals surface area contributed by atoms with Crippen LogP contribution in [0, 0.1) is 6.92 Å². The molecule has 2 N–H and O–H groups in total. The number of aryl methyl sites for hydroxylation is 1. The molecule has 0 spiro atoms. The van der Waals surface area contributed by atoms with Crippen molar-refractivity contribution < 1.29 is 9.53 Å². The number of anilines is 1. The lowest BCUT2D eigenvalue weighted by Gasteiger charge is -2.38. The van der Waals surface area contributed by atoms with Crippen molar-refractivity contribution in [3.05, 3.63) is 64.6 Å². The number of pyridine rings is 2. The van der Waals surface area contributed by atoms with Gasteiger partial charge in [-0.1, -0.05) is 6.07 Å². The number of likely N-dealkylation sites (tertiary alicyclic amines) is 1. The van der Waals surface area contributed by atoms with Gasteiger partial charge in [0.2, 0.25) is 5.91 Å². The molecule has 3 heterocycles. The fourth-order valence-electron chi connectivity index (χ4n) is 4.67. The number of piperidine rings is 1. The van der Waals surface area contributed by atoms with Gasteiger partial charge in [0.15, 0.2) is 0 Å². The number of fused-ring (bicyclic) bond motifs is 1. The van der Waals surface area contributed by atoms with Crippen LogP contribution in [0.1, 0.15) is 18.4 Å². The third kappa shape index (κ3) is 5.17. The van der Waals surface area contributed by atoms with E-state index in [1.807, 2.05) is 52.8 Å². The quantitative estimate of drug-likeness (QED) is 0.567. The number of nitrogens with two attached hydrogens (primary N) is 1. The molecule has 0 atom stereocenters. The average Bonchev–Trinajstić information content (AvgIpc) is 2.83. The van der Waals surface area contributed by atoms with Crippen molar-refractivity contribution in [1.29, 1.82) is 0 Å². The molecule has 0 saturated carbocycles. The van der Waals surface area contributed by atoms with Gasteiger partial charge in [-0.05, 0) is 49.6 Å². The van der Waals surface area contributed by atoms with Crippen LogP contribution in [0.25, 0.3) is 10.9 Å².